The fourth-order valence-corrected chi connectivity index (χ4v) is 4.28. The molecule has 1 aliphatic carbocycles. The molecule has 1 saturated heterocycles. The highest BCUT2D eigenvalue weighted by atomic mass is 32.2. The highest BCUT2D eigenvalue weighted by molar-refractivity contribution is 7.89. The van der Waals surface area contributed by atoms with E-state index in [1.54, 1.807) is 6.92 Å². The Morgan fingerprint density at radius 2 is 1.86 bits per heavy atom. The van der Waals surface area contributed by atoms with E-state index in [0.717, 1.165) is 32.0 Å². The van der Waals surface area contributed by atoms with Gasteiger partial charge in [-0.2, -0.15) is 0 Å². The number of piperidine rings is 1. The largest absolute Gasteiger partial charge is 0.300 e. The lowest BCUT2D eigenvalue weighted by atomic mass is 10.1. The molecule has 0 amide bonds. The van der Waals surface area contributed by atoms with Crippen LogP contribution in [0.3, 0.4) is 0 Å². The molecule has 116 valence electrons. The summed E-state index contributed by atoms with van der Waals surface area (Å²) in [6.07, 6.45) is 4.25. The summed E-state index contributed by atoms with van der Waals surface area (Å²) in [7, 11) is -3.56. The van der Waals surface area contributed by atoms with Crippen LogP contribution in [0.1, 0.15) is 31.2 Å². The Morgan fingerprint density at radius 1 is 1.19 bits per heavy atom. The van der Waals surface area contributed by atoms with Crippen LogP contribution in [0.25, 0.3) is 0 Å². The lowest BCUT2D eigenvalue weighted by Crippen LogP contribution is -2.45. The van der Waals surface area contributed by atoms with E-state index in [4.69, 9.17) is 0 Å². The number of nitrogens with zero attached hydrogens (tertiary/aromatic N) is 1. The van der Waals surface area contributed by atoms with E-state index < -0.39 is 10.0 Å². The molecule has 0 bridgehead atoms. The van der Waals surface area contributed by atoms with E-state index in [0.29, 0.717) is 5.56 Å². The number of aryl methyl sites for hydroxylation is 1. The smallest absolute Gasteiger partial charge is 0.240 e. The SMILES string of the molecule is Cc1cc(S(=O)(=O)NC2CCN(C3CC3)CC2)ccc1F. The zero-order valence-electron chi connectivity index (χ0n) is 12.2. The highest BCUT2D eigenvalue weighted by Gasteiger charge is 2.33. The van der Waals surface area contributed by atoms with Crippen molar-refractivity contribution in [2.75, 3.05) is 13.1 Å². The van der Waals surface area contributed by atoms with Gasteiger partial charge in [-0.25, -0.2) is 17.5 Å². The van der Waals surface area contributed by atoms with Gasteiger partial charge in [-0.1, -0.05) is 0 Å². The average molecular weight is 312 g/mol. The van der Waals surface area contributed by atoms with Gasteiger partial charge in [0.2, 0.25) is 10.0 Å². The van der Waals surface area contributed by atoms with Gasteiger partial charge < -0.3 is 4.90 Å². The molecule has 1 saturated carbocycles. The van der Waals surface area contributed by atoms with Crippen LogP contribution in [0, 0.1) is 12.7 Å². The van der Waals surface area contributed by atoms with Gasteiger partial charge in [0.1, 0.15) is 5.82 Å². The number of halogens is 1. The van der Waals surface area contributed by atoms with Crippen LogP contribution in [-0.2, 0) is 10.0 Å². The number of sulfonamides is 1. The maximum absolute atomic E-state index is 13.2. The third-order valence-electron chi connectivity index (χ3n) is 4.35. The predicted molar refractivity (Wildman–Crippen MR) is 79.1 cm³/mol. The molecule has 1 N–H and O–H groups in total. The van der Waals surface area contributed by atoms with Crippen molar-refractivity contribution in [2.24, 2.45) is 0 Å². The molecule has 1 aromatic carbocycles. The molecule has 0 unspecified atom stereocenters. The summed E-state index contributed by atoms with van der Waals surface area (Å²) in [5.74, 6) is -0.383. The number of benzene rings is 1. The van der Waals surface area contributed by atoms with Crippen LogP contribution < -0.4 is 4.72 Å². The Kier molecular flexibility index (Phi) is 4.03. The molecule has 21 heavy (non-hydrogen) atoms. The number of nitrogens with one attached hydrogen (secondary N) is 1. The van der Waals surface area contributed by atoms with Gasteiger partial charge in [0, 0.05) is 12.1 Å². The molecular formula is C15H21FN2O2S. The molecule has 0 atom stereocenters. The van der Waals surface area contributed by atoms with Crippen LogP contribution in [0.2, 0.25) is 0 Å². The number of likely N-dealkylation sites (tertiary alicyclic amines) is 1. The van der Waals surface area contributed by atoms with Gasteiger partial charge in [-0.05, 0) is 69.5 Å². The molecule has 3 rings (SSSR count). The first kappa shape index (κ1) is 14.9. The van der Waals surface area contributed by atoms with Crippen LogP contribution >= 0.6 is 0 Å². The van der Waals surface area contributed by atoms with Crippen LogP contribution in [0.15, 0.2) is 23.1 Å². The summed E-state index contributed by atoms with van der Waals surface area (Å²) in [6.45, 7) is 3.49. The zero-order chi connectivity index (χ0) is 15.0. The maximum atomic E-state index is 13.2. The Hall–Kier alpha value is -0.980. The Labute approximate surface area is 125 Å². The summed E-state index contributed by atoms with van der Waals surface area (Å²) in [4.78, 5) is 2.60. The highest BCUT2D eigenvalue weighted by Crippen LogP contribution is 2.29. The van der Waals surface area contributed by atoms with E-state index in [1.165, 1.54) is 31.0 Å². The first-order valence-corrected chi connectivity index (χ1v) is 8.96. The quantitative estimate of drug-likeness (QED) is 0.925. The third-order valence-corrected chi connectivity index (χ3v) is 5.87. The number of hydrogen-bond acceptors (Lipinski definition) is 3. The van der Waals surface area contributed by atoms with Crippen molar-refractivity contribution < 1.29 is 12.8 Å². The minimum absolute atomic E-state index is 0.0182. The number of rotatable bonds is 4. The second kappa shape index (κ2) is 5.66. The van der Waals surface area contributed by atoms with Gasteiger partial charge in [0.05, 0.1) is 4.90 Å². The Bertz CT molecular complexity index is 621. The minimum atomic E-state index is -3.56. The predicted octanol–water partition coefficient (Wildman–Crippen LogP) is 2.04. The topological polar surface area (TPSA) is 49.4 Å². The van der Waals surface area contributed by atoms with E-state index in [9.17, 15) is 12.8 Å². The van der Waals surface area contributed by atoms with E-state index in [1.807, 2.05) is 0 Å². The molecular weight excluding hydrogens is 291 g/mol. The molecule has 0 aromatic heterocycles. The van der Waals surface area contributed by atoms with Gasteiger partial charge >= 0.3 is 0 Å². The van der Waals surface area contributed by atoms with E-state index >= 15 is 0 Å². The second-order valence-electron chi connectivity index (χ2n) is 6.07. The maximum Gasteiger partial charge on any atom is 0.240 e. The van der Waals surface area contributed by atoms with Gasteiger partial charge in [-0.15, -0.1) is 0 Å². The summed E-state index contributed by atoms with van der Waals surface area (Å²) in [5.41, 5.74) is 0.349. The van der Waals surface area contributed by atoms with Crippen LogP contribution in [0.5, 0.6) is 0 Å². The molecule has 2 fully saturated rings. The molecule has 1 aliphatic heterocycles. The average Bonchev–Trinajstić information content (AvgIpc) is 3.27. The lowest BCUT2D eigenvalue weighted by Gasteiger charge is -2.32. The molecule has 4 nitrogen and oxygen atoms in total. The van der Waals surface area contributed by atoms with Crippen LogP contribution in [0.4, 0.5) is 4.39 Å². The molecule has 6 heteroatoms. The Morgan fingerprint density at radius 3 is 2.43 bits per heavy atom. The summed E-state index contributed by atoms with van der Waals surface area (Å²) < 4.78 is 40.7. The van der Waals surface area contributed by atoms with Crippen molar-refractivity contribution >= 4 is 10.0 Å². The van der Waals surface area contributed by atoms with Gasteiger partial charge in [0.15, 0.2) is 0 Å². The molecule has 0 spiro atoms. The summed E-state index contributed by atoms with van der Waals surface area (Å²) >= 11 is 0. The van der Waals surface area contributed by atoms with E-state index in [-0.39, 0.29) is 16.8 Å². The van der Waals surface area contributed by atoms with Crippen molar-refractivity contribution in [3.8, 4) is 0 Å². The summed E-state index contributed by atoms with van der Waals surface area (Å²) in [6, 6.07) is 4.64. The van der Waals surface area contributed by atoms with Crippen molar-refractivity contribution in [3.05, 3.63) is 29.6 Å². The fourth-order valence-electron chi connectivity index (χ4n) is 2.89. The fraction of sp³-hybridized carbons (Fsp3) is 0.600. The van der Waals surface area contributed by atoms with Gasteiger partial charge in [0.25, 0.3) is 0 Å². The Balaban J connectivity index is 1.64. The first-order chi connectivity index (χ1) is 9.95. The molecule has 0 radical (unpaired) electrons. The second-order valence-corrected chi connectivity index (χ2v) is 7.79. The standard InChI is InChI=1S/C15H21FN2O2S/c1-11-10-14(4-5-15(11)16)21(19,20)17-12-6-8-18(9-7-12)13-2-3-13/h4-5,10,12-13,17H,2-3,6-9H2,1H3. The number of hydrogen-bond donors (Lipinski definition) is 1. The monoisotopic (exact) mass is 312 g/mol. The summed E-state index contributed by atoms with van der Waals surface area (Å²) in [5, 5.41) is 0. The van der Waals surface area contributed by atoms with Gasteiger partial charge in [-0.3, -0.25) is 0 Å². The lowest BCUT2D eigenvalue weighted by molar-refractivity contribution is 0.199. The van der Waals surface area contributed by atoms with E-state index in [2.05, 4.69) is 9.62 Å². The van der Waals surface area contributed by atoms with Crippen molar-refractivity contribution in [1.82, 2.24) is 9.62 Å². The zero-order valence-corrected chi connectivity index (χ0v) is 13.0. The van der Waals surface area contributed by atoms with Crippen molar-refractivity contribution in [2.45, 2.75) is 49.6 Å². The normalized spacial score (nSPS) is 21.6. The van der Waals surface area contributed by atoms with Crippen molar-refractivity contribution in [3.63, 3.8) is 0 Å². The molecule has 2 aliphatic rings. The molecule has 1 heterocycles. The minimum Gasteiger partial charge on any atom is -0.300 e. The molecule has 1 aromatic rings. The van der Waals surface area contributed by atoms with Crippen LogP contribution in [-0.4, -0.2) is 38.5 Å². The first-order valence-electron chi connectivity index (χ1n) is 7.48. The third kappa shape index (κ3) is 3.44. The van der Waals surface area contributed by atoms with Crippen molar-refractivity contribution in [1.29, 1.82) is 0 Å².